The molecule has 19 heavy (non-hydrogen) atoms. The van der Waals surface area contributed by atoms with E-state index in [0.29, 0.717) is 5.92 Å². The molecule has 0 saturated carbocycles. The van der Waals surface area contributed by atoms with Gasteiger partial charge in [0.05, 0.1) is 12.1 Å². The van der Waals surface area contributed by atoms with E-state index in [0.717, 1.165) is 31.0 Å². The van der Waals surface area contributed by atoms with E-state index < -0.39 is 6.04 Å². The molecule has 1 unspecified atom stereocenters. The first-order valence-corrected chi connectivity index (χ1v) is 6.49. The first kappa shape index (κ1) is 15.9. The van der Waals surface area contributed by atoms with E-state index in [4.69, 9.17) is 5.73 Å². The standard InChI is InChI=1S/C12H21N5O.ClH/c1-7(2)10-15-11-9(14-12(18)8(3)13)5-4-6-17(11)16-10;/h7-9H,4-6,13H2,1-3H3,(H,14,18);1H/t8-,9?;/m1./s1. The fraction of sp³-hybridized carbons (Fsp3) is 0.750. The predicted octanol–water partition coefficient (Wildman–Crippen LogP) is 1.12. The van der Waals surface area contributed by atoms with Gasteiger partial charge in [0.1, 0.15) is 5.82 Å². The van der Waals surface area contributed by atoms with Crippen LogP contribution in [0.3, 0.4) is 0 Å². The van der Waals surface area contributed by atoms with Gasteiger partial charge in [-0.2, -0.15) is 5.10 Å². The number of fused-ring (bicyclic) bond motifs is 1. The van der Waals surface area contributed by atoms with Crippen molar-refractivity contribution in [1.82, 2.24) is 20.1 Å². The van der Waals surface area contributed by atoms with Crippen LogP contribution < -0.4 is 11.1 Å². The molecule has 6 nitrogen and oxygen atoms in total. The number of carbonyl (C=O) groups excluding carboxylic acids is 1. The van der Waals surface area contributed by atoms with Gasteiger partial charge >= 0.3 is 0 Å². The fourth-order valence-electron chi connectivity index (χ4n) is 2.05. The summed E-state index contributed by atoms with van der Waals surface area (Å²) in [7, 11) is 0. The van der Waals surface area contributed by atoms with Gasteiger partial charge in [-0.15, -0.1) is 12.4 Å². The largest absolute Gasteiger partial charge is 0.345 e. The van der Waals surface area contributed by atoms with E-state index in [1.807, 2.05) is 4.68 Å². The van der Waals surface area contributed by atoms with Crippen molar-refractivity contribution < 1.29 is 4.79 Å². The monoisotopic (exact) mass is 287 g/mol. The Morgan fingerprint density at radius 1 is 1.47 bits per heavy atom. The van der Waals surface area contributed by atoms with Crippen molar-refractivity contribution in [3.8, 4) is 0 Å². The molecule has 1 aliphatic rings. The molecule has 2 rings (SSSR count). The molecule has 3 N–H and O–H groups in total. The zero-order chi connectivity index (χ0) is 13.3. The first-order chi connectivity index (χ1) is 8.49. The Bertz CT molecular complexity index is 443. The molecule has 1 aliphatic heterocycles. The number of halogens is 1. The molecule has 108 valence electrons. The van der Waals surface area contributed by atoms with Gasteiger partial charge in [-0.25, -0.2) is 9.67 Å². The molecule has 7 heteroatoms. The second-order valence-electron chi connectivity index (χ2n) is 5.20. The first-order valence-electron chi connectivity index (χ1n) is 6.49. The molecular formula is C12H22ClN5O. The van der Waals surface area contributed by atoms with Gasteiger partial charge in [0.2, 0.25) is 5.91 Å². The number of aryl methyl sites for hydroxylation is 1. The number of nitrogens with two attached hydrogens (primary N) is 1. The van der Waals surface area contributed by atoms with Crippen LogP contribution in [0.5, 0.6) is 0 Å². The van der Waals surface area contributed by atoms with Crippen LogP contribution in [0.2, 0.25) is 0 Å². The topological polar surface area (TPSA) is 85.8 Å². The van der Waals surface area contributed by atoms with E-state index in [9.17, 15) is 4.79 Å². The molecule has 2 heterocycles. The summed E-state index contributed by atoms with van der Waals surface area (Å²) < 4.78 is 1.91. The number of rotatable bonds is 3. The summed E-state index contributed by atoms with van der Waals surface area (Å²) in [5.74, 6) is 1.86. The third-order valence-corrected chi connectivity index (χ3v) is 3.14. The lowest BCUT2D eigenvalue weighted by atomic mass is 10.1. The third kappa shape index (κ3) is 3.45. The lowest BCUT2D eigenvalue weighted by molar-refractivity contribution is -0.122. The number of amides is 1. The van der Waals surface area contributed by atoms with Crippen molar-refractivity contribution >= 4 is 18.3 Å². The highest BCUT2D eigenvalue weighted by Gasteiger charge is 2.26. The molecule has 0 spiro atoms. The maximum absolute atomic E-state index is 11.7. The number of nitrogens with one attached hydrogen (secondary N) is 1. The summed E-state index contributed by atoms with van der Waals surface area (Å²) in [5.41, 5.74) is 5.57. The van der Waals surface area contributed by atoms with Crippen molar-refractivity contribution in [1.29, 1.82) is 0 Å². The SMILES string of the molecule is CC(C)c1nc2n(n1)CCCC2NC(=O)[C@@H](C)N.Cl. The summed E-state index contributed by atoms with van der Waals surface area (Å²) in [6.45, 7) is 6.69. The highest BCUT2D eigenvalue weighted by Crippen LogP contribution is 2.24. The van der Waals surface area contributed by atoms with Gasteiger partial charge in [0.25, 0.3) is 0 Å². The molecule has 0 saturated heterocycles. The molecule has 2 atom stereocenters. The van der Waals surface area contributed by atoms with Crippen molar-refractivity contribution in [2.75, 3.05) is 0 Å². The smallest absolute Gasteiger partial charge is 0.237 e. The molecule has 1 aromatic heterocycles. The minimum atomic E-state index is -0.493. The summed E-state index contributed by atoms with van der Waals surface area (Å²) in [6, 6.07) is -0.551. The number of nitrogens with zero attached hydrogens (tertiary/aromatic N) is 3. The minimum absolute atomic E-state index is 0. The van der Waals surface area contributed by atoms with Gasteiger partial charge < -0.3 is 11.1 Å². The summed E-state index contributed by atoms with van der Waals surface area (Å²) in [6.07, 6.45) is 1.90. The van der Waals surface area contributed by atoms with Crippen LogP contribution in [-0.2, 0) is 11.3 Å². The zero-order valence-corrected chi connectivity index (χ0v) is 12.4. The fourth-order valence-corrected chi connectivity index (χ4v) is 2.05. The van der Waals surface area contributed by atoms with Gasteiger partial charge in [-0.1, -0.05) is 13.8 Å². The van der Waals surface area contributed by atoms with Crippen LogP contribution in [0.1, 0.15) is 57.2 Å². The minimum Gasteiger partial charge on any atom is -0.345 e. The lowest BCUT2D eigenvalue weighted by Gasteiger charge is -2.23. The van der Waals surface area contributed by atoms with Crippen molar-refractivity contribution in [2.45, 2.75) is 58.2 Å². The van der Waals surface area contributed by atoms with Crippen LogP contribution in [0.15, 0.2) is 0 Å². The number of aromatic nitrogens is 3. The van der Waals surface area contributed by atoms with E-state index in [1.54, 1.807) is 6.92 Å². The van der Waals surface area contributed by atoms with Crippen LogP contribution >= 0.6 is 12.4 Å². The molecule has 0 radical (unpaired) electrons. The maximum atomic E-state index is 11.7. The molecule has 1 amide bonds. The van der Waals surface area contributed by atoms with E-state index in [1.165, 1.54) is 0 Å². The Kier molecular flexibility index (Phi) is 5.31. The van der Waals surface area contributed by atoms with Crippen molar-refractivity contribution in [3.63, 3.8) is 0 Å². The van der Waals surface area contributed by atoms with Crippen LogP contribution in [0, 0.1) is 0 Å². The number of carbonyl (C=O) groups is 1. The van der Waals surface area contributed by atoms with Crippen LogP contribution in [-0.4, -0.2) is 26.7 Å². The second-order valence-corrected chi connectivity index (χ2v) is 5.20. The Morgan fingerprint density at radius 3 is 2.74 bits per heavy atom. The predicted molar refractivity (Wildman–Crippen MR) is 75.1 cm³/mol. The van der Waals surface area contributed by atoms with E-state index in [-0.39, 0.29) is 24.4 Å². The Balaban J connectivity index is 0.00000180. The Labute approximate surface area is 119 Å². The Morgan fingerprint density at radius 2 is 2.16 bits per heavy atom. The third-order valence-electron chi connectivity index (χ3n) is 3.14. The molecular weight excluding hydrogens is 266 g/mol. The summed E-state index contributed by atoms with van der Waals surface area (Å²) in [4.78, 5) is 16.2. The average Bonchev–Trinajstić information content (AvgIpc) is 2.73. The van der Waals surface area contributed by atoms with E-state index >= 15 is 0 Å². The van der Waals surface area contributed by atoms with Gasteiger partial charge in [-0.05, 0) is 19.8 Å². The number of hydrogen-bond acceptors (Lipinski definition) is 4. The quantitative estimate of drug-likeness (QED) is 0.872. The summed E-state index contributed by atoms with van der Waals surface area (Å²) >= 11 is 0. The highest BCUT2D eigenvalue weighted by molar-refractivity contribution is 5.85. The normalized spacial score (nSPS) is 19.5. The van der Waals surface area contributed by atoms with Crippen molar-refractivity contribution in [3.05, 3.63) is 11.6 Å². The zero-order valence-electron chi connectivity index (χ0n) is 11.6. The molecule has 0 bridgehead atoms. The molecule has 0 fully saturated rings. The number of hydrogen-bond donors (Lipinski definition) is 2. The van der Waals surface area contributed by atoms with Crippen LogP contribution in [0.25, 0.3) is 0 Å². The van der Waals surface area contributed by atoms with Gasteiger partial charge in [0.15, 0.2) is 5.82 Å². The molecule has 0 aromatic carbocycles. The molecule has 0 aliphatic carbocycles. The second kappa shape index (κ2) is 6.34. The summed E-state index contributed by atoms with van der Waals surface area (Å²) in [5, 5.41) is 7.42. The van der Waals surface area contributed by atoms with Gasteiger partial charge in [0, 0.05) is 12.5 Å². The highest BCUT2D eigenvalue weighted by atomic mass is 35.5. The van der Waals surface area contributed by atoms with E-state index in [2.05, 4.69) is 29.2 Å². The van der Waals surface area contributed by atoms with Crippen molar-refractivity contribution in [2.24, 2.45) is 5.73 Å². The average molecular weight is 288 g/mol. The van der Waals surface area contributed by atoms with Crippen LogP contribution in [0.4, 0.5) is 0 Å². The Hall–Kier alpha value is -1.14. The maximum Gasteiger partial charge on any atom is 0.237 e. The lowest BCUT2D eigenvalue weighted by Crippen LogP contribution is -2.42. The van der Waals surface area contributed by atoms with Gasteiger partial charge in [-0.3, -0.25) is 4.79 Å². The molecule has 1 aromatic rings.